The van der Waals surface area contributed by atoms with Crippen LogP contribution in [0.1, 0.15) is 39.7 Å². The van der Waals surface area contributed by atoms with Gasteiger partial charge in [-0.1, -0.05) is 20.8 Å². The molecule has 25 heavy (non-hydrogen) atoms. The van der Waals surface area contributed by atoms with Crippen molar-refractivity contribution in [1.29, 1.82) is 0 Å². The molecule has 0 fully saturated rings. The molecule has 7 heteroatoms. The van der Waals surface area contributed by atoms with E-state index in [9.17, 15) is 9.59 Å². The number of aromatic nitrogens is 1. The number of urea groups is 1. The lowest BCUT2D eigenvalue weighted by molar-refractivity contribution is -0.141. The molecule has 7 nitrogen and oxygen atoms in total. The molecule has 0 aromatic carbocycles. The first-order valence-electron chi connectivity index (χ1n) is 8.52. The Morgan fingerprint density at radius 1 is 1.32 bits per heavy atom. The smallest absolute Gasteiger partial charge is 0.317 e. The minimum atomic E-state index is -0.925. The number of nitrogens with one attached hydrogen (secondary N) is 1. The number of nitrogens with zero attached hydrogens (tertiary/aromatic N) is 2. The minimum Gasteiger partial charge on any atom is -0.481 e. The summed E-state index contributed by atoms with van der Waals surface area (Å²) in [6.07, 6.45) is 2.66. The molecule has 0 aliphatic rings. The second kappa shape index (κ2) is 9.86. The van der Waals surface area contributed by atoms with Crippen LogP contribution in [0.5, 0.6) is 5.88 Å². The number of hydrogen-bond donors (Lipinski definition) is 2. The first-order chi connectivity index (χ1) is 11.7. The maximum absolute atomic E-state index is 12.0. The van der Waals surface area contributed by atoms with Crippen molar-refractivity contribution in [3.05, 3.63) is 23.9 Å². The van der Waals surface area contributed by atoms with E-state index < -0.39 is 11.9 Å². The lowest BCUT2D eigenvalue weighted by atomic mass is 10.1. The molecule has 0 saturated heterocycles. The fraction of sp³-hybridized carbons (Fsp3) is 0.611. The number of carbonyl (C=O) groups is 2. The van der Waals surface area contributed by atoms with Crippen LogP contribution >= 0.6 is 0 Å². The summed E-state index contributed by atoms with van der Waals surface area (Å²) in [5, 5.41) is 11.7. The van der Waals surface area contributed by atoms with Gasteiger partial charge < -0.3 is 20.1 Å². The number of carboxylic acid groups (broad SMARTS) is 1. The normalized spacial score (nSPS) is 13.2. The monoisotopic (exact) mass is 351 g/mol. The van der Waals surface area contributed by atoms with E-state index in [2.05, 4.69) is 24.1 Å². The maximum Gasteiger partial charge on any atom is 0.317 e. The largest absolute Gasteiger partial charge is 0.481 e. The predicted octanol–water partition coefficient (Wildman–Crippen LogP) is 2.76. The molecule has 0 saturated carbocycles. The maximum atomic E-state index is 12.0. The zero-order chi connectivity index (χ0) is 19.0. The number of ether oxygens (including phenoxy) is 1. The van der Waals surface area contributed by atoms with E-state index in [1.54, 1.807) is 32.3 Å². The molecule has 0 aliphatic carbocycles. The van der Waals surface area contributed by atoms with Gasteiger partial charge in [0.2, 0.25) is 5.88 Å². The molecule has 0 aliphatic heterocycles. The summed E-state index contributed by atoms with van der Waals surface area (Å²) >= 11 is 0. The van der Waals surface area contributed by atoms with Crippen molar-refractivity contribution in [1.82, 2.24) is 15.2 Å². The first kappa shape index (κ1) is 20.7. The molecular weight excluding hydrogens is 322 g/mol. The molecule has 1 aromatic rings. The average molecular weight is 351 g/mol. The van der Waals surface area contributed by atoms with Crippen LogP contribution in [-0.2, 0) is 11.3 Å². The fourth-order valence-electron chi connectivity index (χ4n) is 2.43. The van der Waals surface area contributed by atoms with Gasteiger partial charge in [0.05, 0.1) is 12.0 Å². The summed E-state index contributed by atoms with van der Waals surface area (Å²) in [6.45, 7) is 8.33. The Balaban J connectivity index is 2.53. The third-order valence-electron chi connectivity index (χ3n) is 3.68. The number of hydrogen-bond acceptors (Lipinski definition) is 4. The summed E-state index contributed by atoms with van der Waals surface area (Å²) in [6, 6.07) is 3.29. The van der Waals surface area contributed by atoms with E-state index in [4.69, 9.17) is 9.84 Å². The topological polar surface area (TPSA) is 91.8 Å². The van der Waals surface area contributed by atoms with Gasteiger partial charge >= 0.3 is 12.0 Å². The van der Waals surface area contributed by atoms with Crippen LogP contribution in [0, 0.1) is 11.8 Å². The van der Waals surface area contributed by atoms with E-state index >= 15 is 0 Å². The molecule has 2 amide bonds. The highest BCUT2D eigenvalue weighted by Crippen LogP contribution is 2.15. The van der Waals surface area contributed by atoms with E-state index in [1.807, 2.05) is 6.92 Å². The number of aliphatic carboxylic acids is 1. The molecular formula is C18H29N3O4. The SMILES string of the molecule is CC(C)CC(C)Oc1cc(CNC(=O)N(C)CC(C)C(=O)O)ccn1. The van der Waals surface area contributed by atoms with Gasteiger partial charge in [-0.25, -0.2) is 9.78 Å². The highest BCUT2D eigenvalue weighted by molar-refractivity contribution is 5.75. The first-order valence-corrected chi connectivity index (χ1v) is 8.52. The molecule has 0 spiro atoms. The molecule has 2 N–H and O–H groups in total. The fourth-order valence-corrected chi connectivity index (χ4v) is 2.43. The van der Waals surface area contributed by atoms with E-state index in [-0.39, 0.29) is 18.7 Å². The lowest BCUT2D eigenvalue weighted by Crippen LogP contribution is -2.40. The van der Waals surface area contributed by atoms with Crippen LogP contribution in [0.15, 0.2) is 18.3 Å². The van der Waals surface area contributed by atoms with E-state index in [1.165, 1.54) is 4.90 Å². The number of carboxylic acids is 1. The third-order valence-corrected chi connectivity index (χ3v) is 3.68. The molecule has 1 aromatic heterocycles. The Morgan fingerprint density at radius 2 is 2.00 bits per heavy atom. The second-order valence-electron chi connectivity index (χ2n) is 6.84. The summed E-state index contributed by atoms with van der Waals surface area (Å²) in [5.41, 5.74) is 0.870. The number of pyridine rings is 1. The Hall–Kier alpha value is -2.31. The van der Waals surface area contributed by atoms with Crippen LogP contribution in [0.25, 0.3) is 0 Å². The molecule has 2 unspecified atom stereocenters. The summed E-state index contributed by atoms with van der Waals surface area (Å²) in [5.74, 6) is -0.459. The van der Waals surface area contributed by atoms with Gasteiger partial charge in [-0.15, -0.1) is 0 Å². The van der Waals surface area contributed by atoms with Crippen LogP contribution in [0.3, 0.4) is 0 Å². The molecule has 1 rings (SSSR count). The Morgan fingerprint density at radius 3 is 2.60 bits per heavy atom. The molecule has 1 heterocycles. The van der Waals surface area contributed by atoms with Crippen molar-refractivity contribution in [2.75, 3.05) is 13.6 Å². The zero-order valence-electron chi connectivity index (χ0n) is 15.7. The van der Waals surface area contributed by atoms with E-state index in [0.29, 0.717) is 18.3 Å². The molecule has 2 atom stereocenters. The standard InChI is InChI=1S/C18H29N3O4/c1-12(2)8-14(4)25-16-9-15(6-7-19-16)10-20-18(24)21(5)11-13(3)17(22)23/h6-7,9,12-14H,8,10-11H2,1-5H3,(H,20,24)(H,22,23). The Bertz CT molecular complexity index is 577. The summed E-state index contributed by atoms with van der Waals surface area (Å²) in [7, 11) is 1.57. The van der Waals surface area contributed by atoms with Gasteiger partial charge in [0.1, 0.15) is 0 Å². The lowest BCUT2D eigenvalue weighted by Gasteiger charge is -2.20. The number of carbonyl (C=O) groups excluding carboxylic acids is 1. The summed E-state index contributed by atoms with van der Waals surface area (Å²) < 4.78 is 5.80. The Labute approximate surface area is 149 Å². The van der Waals surface area contributed by atoms with Crippen molar-refractivity contribution in [3.8, 4) is 5.88 Å². The van der Waals surface area contributed by atoms with Crippen molar-refractivity contribution in [2.24, 2.45) is 11.8 Å². The summed E-state index contributed by atoms with van der Waals surface area (Å²) in [4.78, 5) is 28.4. The van der Waals surface area contributed by atoms with Gasteiger partial charge in [-0.2, -0.15) is 0 Å². The molecule has 0 radical (unpaired) electrons. The number of rotatable bonds is 9. The van der Waals surface area contributed by atoms with Crippen LogP contribution < -0.4 is 10.1 Å². The third kappa shape index (κ3) is 7.87. The zero-order valence-corrected chi connectivity index (χ0v) is 15.7. The van der Waals surface area contributed by atoms with Crippen molar-refractivity contribution >= 4 is 12.0 Å². The van der Waals surface area contributed by atoms with Crippen LogP contribution in [-0.4, -0.2) is 46.7 Å². The quantitative estimate of drug-likeness (QED) is 0.714. The van der Waals surface area contributed by atoms with Crippen LogP contribution in [0.4, 0.5) is 4.79 Å². The van der Waals surface area contributed by atoms with Gasteiger partial charge in [0.15, 0.2) is 0 Å². The molecule has 140 valence electrons. The second-order valence-corrected chi connectivity index (χ2v) is 6.84. The van der Waals surface area contributed by atoms with Crippen molar-refractivity contribution in [3.63, 3.8) is 0 Å². The van der Waals surface area contributed by atoms with Crippen molar-refractivity contribution in [2.45, 2.75) is 46.8 Å². The van der Waals surface area contributed by atoms with Crippen LogP contribution in [0.2, 0.25) is 0 Å². The Kier molecular flexibility index (Phi) is 8.18. The predicted molar refractivity (Wildman–Crippen MR) is 95.4 cm³/mol. The minimum absolute atomic E-state index is 0.0704. The average Bonchev–Trinajstić information content (AvgIpc) is 2.51. The van der Waals surface area contributed by atoms with E-state index in [0.717, 1.165) is 12.0 Å². The molecule has 0 bridgehead atoms. The van der Waals surface area contributed by atoms with Gasteiger partial charge in [-0.3, -0.25) is 4.79 Å². The van der Waals surface area contributed by atoms with Crippen molar-refractivity contribution < 1.29 is 19.4 Å². The highest BCUT2D eigenvalue weighted by Gasteiger charge is 2.17. The highest BCUT2D eigenvalue weighted by atomic mass is 16.5. The van der Waals surface area contributed by atoms with Gasteiger partial charge in [-0.05, 0) is 30.9 Å². The number of amides is 2. The van der Waals surface area contributed by atoms with Gasteiger partial charge in [0.25, 0.3) is 0 Å². The van der Waals surface area contributed by atoms with Gasteiger partial charge in [0, 0.05) is 32.4 Å².